The molecule has 1 rings (SSSR count). The summed E-state index contributed by atoms with van der Waals surface area (Å²) in [5, 5.41) is 21.1. The molecule has 0 aliphatic heterocycles. The van der Waals surface area contributed by atoms with Crippen LogP contribution in [0.3, 0.4) is 0 Å². The lowest BCUT2D eigenvalue weighted by Gasteiger charge is -2.11. The zero-order chi connectivity index (χ0) is 12.1. The van der Waals surface area contributed by atoms with Gasteiger partial charge in [-0.3, -0.25) is 0 Å². The lowest BCUT2D eigenvalue weighted by atomic mass is 10.1. The molecule has 0 bridgehead atoms. The SMILES string of the molecule is Cc1cc(C(=O)O)ccc1NCCC(C)O. The minimum Gasteiger partial charge on any atom is -0.478 e. The number of rotatable bonds is 5. The fourth-order valence-corrected chi connectivity index (χ4v) is 1.41. The first kappa shape index (κ1) is 12.5. The summed E-state index contributed by atoms with van der Waals surface area (Å²) in [6.07, 6.45) is 0.339. The molecular formula is C12H17NO3. The summed E-state index contributed by atoms with van der Waals surface area (Å²) in [7, 11) is 0. The molecular weight excluding hydrogens is 206 g/mol. The maximum atomic E-state index is 10.7. The molecule has 3 N–H and O–H groups in total. The van der Waals surface area contributed by atoms with Crippen LogP contribution in [0.15, 0.2) is 18.2 Å². The minimum atomic E-state index is -0.918. The van der Waals surface area contributed by atoms with E-state index in [9.17, 15) is 4.79 Å². The maximum absolute atomic E-state index is 10.7. The molecule has 0 heterocycles. The average Bonchev–Trinajstić information content (AvgIpc) is 2.19. The number of hydrogen-bond acceptors (Lipinski definition) is 3. The smallest absolute Gasteiger partial charge is 0.335 e. The molecule has 0 aliphatic rings. The van der Waals surface area contributed by atoms with Crippen LogP contribution in [0, 0.1) is 6.92 Å². The number of carbonyl (C=O) groups is 1. The van der Waals surface area contributed by atoms with Crippen molar-refractivity contribution in [2.45, 2.75) is 26.4 Å². The van der Waals surface area contributed by atoms with Crippen LogP contribution in [0.5, 0.6) is 0 Å². The molecule has 1 aromatic carbocycles. The molecule has 0 spiro atoms. The van der Waals surface area contributed by atoms with Crippen LogP contribution in [0.4, 0.5) is 5.69 Å². The summed E-state index contributed by atoms with van der Waals surface area (Å²) in [4.78, 5) is 10.7. The van der Waals surface area contributed by atoms with Gasteiger partial charge in [0.2, 0.25) is 0 Å². The molecule has 1 aromatic rings. The van der Waals surface area contributed by atoms with Crippen LogP contribution >= 0.6 is 0 Å². The molecule has 0 aliphatic carbocycles. The van der Waals surface area contributed by atoms with Gasteiger partial charge in [-0.15, -0.1) is 0 Å². The van der Waals surface area contributed by atoms with E-state index in [1.54, 1.807) is 25.1 Å². The zero-order valence-corrected chi connectivity index (χ0v) is 9.53. The van der Waals surface area contributed by atoms with Gasteiger partial charge in [-0.25, -0.2) is 4.79 Å². The molecule has 16 heavy (non-hydrogen) atoms. The van der Waals surface area contributed by atoms with Crippen molar-refractivity contribution in [2.24, 2.45) is 0 Å². The topological polar surface area (TPSA) is 69.6 Å². The van der Waals surface area contributed by atoms with Gasteiger partial charge in [0.1, 0.15) is 0 Å². The second kappa shape index (κ2) is 5.51. The number of nitrogens with one attached hydrogen (secondary N) is 1. The molecule has 0 radical (unpaired) electrons. The molecule has 1 atom stereocenters. The summed E-state index contributed by atoms with van der Waals surface area (Å²) in [6, 6.07) is 4.95. The molecule has 0 saturated carbocycles. The summed E-state index contributed by atoms with van der Waals surface area (Å²) >= 11 is 0. The Morgan fingerprint density at radius 3 is 2.69 bits per heavy atom. The first-order valence-electron chi connectivity index (χ1n) is 5.26. The van der Waals surface area contributed by atoms with Crippen LogP contribution in [0.2, 0.25) is 0 Å². The molecule has 1 unspecified atom stereocenters. The minimum absolute atomic E-state index is 0.290. The third-order valence-electron chi connectivity index (χ3n) is 2.35. The largest absolute Gasteiger partial charge is 0.478 e. The highest BCUT2D eigenvalue weighted by Crippen LogP contribution is 2.16. The third kappa shape index (κ3) is 3.55. The highest BCUT2D eigenvalue weighted by atomic mass is 16.4. The van der Waals surface area contributed by atoms with Gasteiger partial charge in [0.05, 0.1) is 11.7 Å². The average molecular weight is 223 g/mol. The summed E-state index contributed by atoms with van der Waals surface area (Å²) in [6.45, 7) is 4.27. The van der Waals surface area contributed by atoms with Gasteiger partial charge < -0.3 is 15.5 Å². The van der Waals surface area contributed by atoms with Crippen molar-refractivity contribution in [1.82, 2.24) is 0 Å². The fourth-order valence-electron chi connectivity index (χ4n) is 1.41. The monoisotopic (exact) mass is 223 g/mol. The molecule has 4 nitrogen and oxygen atoms in total. The van der Waals surface area contributed by atoms with Crippen molar-refractivity contribution in [3.63, 3.8) is 0 Å². The van der Waals surface area contributed by atoms with Gasteiger partial charge in [-0.1, -0.05) is 0 Å². The first-order chi connectivity index (χ1) is 7.50. The Hall–Kier alpha value is -1.55. The van der Waals surface area contributed by atoms with E-state index in [0.717, 1.165) is 11.3 Å². The van der Waals surface area contributed by atoms with E-state index in [4.69, 9.17) is 10.2 Å². The predicted molar refractivity (Wildman–Crippen MR) is 62.9 cm³/mol. The molecule has 88 valence electrons. The Kier molecular flexibility index (Phi) is 4.31. The quantitative estimate of drug-likeness (QED) is 0.712. The lowest BCUT2D eigenvalue weighted by Crippen LogP contribution is -2.10. The Morgan fingerprint density at radius 2 is 2.19 bits per heavy atom. The predicted octanol–water partition coefficient (Wildman–Crippen LogP) is 1.88. The summed E-state index contributed by atoms with van der Waals surface area (Å²) in [5.74, 6) is -0.918. The Balaban J connectivity index is 2.64. The number of aryl methyl sites for hydroxylation is 1. The van der Waals surface area contributed by atoms with E-state index in [1.807, 2.05) is 6.92 Å². The van der Waals surface area contributed by atoms with Crippen molar-refractivity contribution in [3.05, 3.63) is 29.3 Å². The Labute approximate surface area is 94.9 Å². The van der Waals surface area contributed by atoms with E-state index in [2.05, 4.69) is 5.32 Å². The van der Waals surface area contributed by atoms with E-state index in [-0.39, 0.29) is 6.10 Å². The van der Waals surface area contributed by atoms with Crippen molar-refractivity contribution in [2.75, 3.05) is 11.9 Å². The van der Waals surface area contributed by atoms with Crippen molar-refractivity contribution in [1.29, 1.82) is 0 Å². The number of benzene rings is 1. The summed E-state index contributed by atoms with van der Waals surface area (Å²) < 4.78 is 0. The van der Waals surface area contributed by atoms with Gasteiger partial charge in [-0.05, 0) is 44.0 Å². The second-order valence-electron chi connectivity index (χ2n) is 3.90. The normalized spacial score (nSPS) is 12.2. The fraction of sp³-hybridized carbons (Fsp3) is 0.417. The lowest BCUT2D eigenvalue weighted by molar-refractivity contribution is 0.0697. The van der Waals surface area contributed by atoms with Crippen LogP contribution < -0.4 is 5.32 Å². The van der Waals surface area contributed by atoms with E-state index >= 15 is 0 Å². The summed E-state index contributed by atoms with van der Waals surface area (Å²) in [5.41, 5.74) is 2.09. The third-order valence-corrected chi connectivity index (χ3v) is 2.35. The van der Waals surface area contributed by atoms with Crippen molar-refractivity contribution < 1.29 is 15.0 Å². The maximum Gasteiger partial charge on any atom is 0.335 e. The Morgan fingerprint density at radius 1 is 1.50 bits per heavy atom. The molecule has 0 amide bonds. The van der Waals surface area contributed by atoms with Gasteiger partial charge in [-0.2, -0.15) is 0 Å². The molecule has 4 heteroatoms. The van der Waals surface area contributed by atoms with Crippen molar-refractivity contribution in [3.8, 4) is 0 Å². The highest BCUT2D eigenvalue weighted by molar-refractivity contribution is 5.88. The number of hydrogen-bond donors (Lipinski definition) is 3. The van der Waals surface area contributed by atoms with Crippen molar-refractivity contribution >= 4 is 11.7 Å². The van der Waals surface area contributed by atoms with E-state index in [0.29, 0.717) is 18.5 Å². The van der Waals surface area contributed by atoms with Crippen LogP contribution in [0.25, 0.3) is 0 Å². The number of aromatic carboxylic acids is 1. The van der Waals surface area contributed by atoms with Gasteiger partial charge in [0, 0.05) is 12.2 Å². The molecule has 0 aromatic heterocycles. The number of anilines is 1. The number of carboxylic acids is 1. The van der Waals surface area contributed by atoms with Crippen LogP contribution in [-0.4, -0.2) is 28.8 Å². The van der Waals surface area contributed by atoms with Gasteiger partial charge in [0.25, 0.3) is 0 Å². The Bertz CT molecular complexity index is 375. The van der Waals surface area contributed by atoms with Gasteiger partial charge >= 0.3 is 5.97 Å². The number of aliphatic hydroxyl groups excluding tert-OH is 1. The number of carboxylic acid groups (broad SMARTS) is 1. The van der Waals surface area contributed by atoms with Crippen LogP contribution in [0.1, 0.15) is 29.3 Å². The zero-order valence-electron chi connectivity index (χ0n) is 9.53. The van der Waals surface area contributed by atoms with Gasteiger partial charge in [0.15, 0.2) is 0 Å². The molecule has 0 saturated heterocycles. The van der Waals surface area contributed by atoms with E-state index in [1.165, 1.54) is 0 Å². The second-order valence-corrected chi connectivity index (χ2v) is 3.90. The first-order valence-corrected chi connectivity index (χ1v) is 5.26. The molecule has 0 fully saturated rings. The van der Waals surface area contributed by atoms with E-state index < -0.39 is 5.97 Å². The standard InChI is InChI=1S/C12H17NO3/c1-8-7-10(12(15)16)3-4-11(8)13-6-5-9(2)14/h3-4,7,9,13-14H,5-6H2,1-2H3,(H,15,16). The highest BCUT2D eigenvalue weighted by Gasteiger charge is 2.05. The number of aliphatic hydroxyl groups is 1. The van der Waals surface area contributed by atoms with Crippen LogP contribution in [-0.2, 0) is 0 Å².